The number of amides is 1. The minimum Gasteiger partial charge on any atom is -0.496 e. The number of rotatable bonds is 7. The zero-order chi connectivity index (χ0) is 19.3. The van der Waals surface area contributed by atoms with Gasteiger partial charge in [0.1, 0.15) is 5.75 Å². The summed E-state index contributed by atoms with van der Waals surface area (Å²) in [7, 11) is -2.05. The minimum absolute atomic E-state index is 0.0586. The molecule has 0 aliphatic carbocycles. The van der Waals surface area contributed by atoms with E-state index in [1.165, 1.54) is 7.11 Å². The van der Waals surface area contributed by atoms with E-state index in [2.05, 4.69) is 5.32 Å². The molecule has 26 heavy (non-hydrogen) atoms. The number of carbonyl (C=O) groups excluding carboxylic acids is 1. The molecule has 2 rings (SSSR count). The van der Waals surface area contributed by atoms with Crippen molar-refractivity contribution in [2.45, 2.75) is 20.4 Å². The number of benzene rings is 2. The fourth-order valence-corrected chi connectivity index (χ4v) is 3.45. The van der Waals surface area contributed by atoms with E-state index in [4.69, 9.17) is 4.74 Å². The van der Waals surface area contributed by atoms with Gasteiger partial charge in [-0.15, -0.1) is 0 Å². The van der Waals surface area contributed by atoms with Gasteiger partial charge < -0.3 is 10.1 Å². The predicted octanol–water partition coefficient (Wildman–Crippen LogP) is 2.71. The Morgan fingerprint density at radius 2 is 1.73 bits per heavy atom. The Morgan fingerprint density at radius 3 is 2.31 bits per heavy atom. The molecule has 6 nitrogen and oxygen atoms in total. The second kappa shape index (κ2) is 8.33. The molecule has 0 heterocycles. The molecule has 7 heteroatoms. The molecule has 0 saturated carbocycles. The molecule has 140 valence electrons. The summed E-state index contributed by atoms with van der Waals surface area (Å²) in [4.78, 5) is 12.4. The largest absolute Gasteiger partial charge is 0.496 e. The number of ether oxygens (including phenoxy) is 1. The van der Waals surface area contributed by atoms with Gasteiger partial charge in [0.05, 0.1) is 19.9 Å². The highest BCUT2D eigenvalue weighted by molar-refractivity contribution is 7.88. The van der Waals surface area contributed by atoms with Crippen molar-refractivity contribution >= 4 is 21.6 Å². The number of nitrogens with one attached hydrogen (secondary N) is 1. The van der Waals surface area contributed by atoms with E-state index in [0.717, 1.165) is 21.7 Å². The molecule has 0 radical (unpaired) electrons. The number of anilines is 1. The van der Waals surface area contributed by atoms with Crippen molar-refractivity contribution in [3.63, 3.8) is 0 Å². The predicted molar refractivity (Wildman–Crippen MR) is 103 cm³/mol. The van der Waals surface area contributed by atoms with E-state index in [9.17, 15) is 13.2 Å². The molecule has 1 N–H and O–H groups in total. The van der Waals surface area contributed by atoms with Crippen LogP contribution in [0.3, 0.4) is 0 Å². The fraction of sp³-hybridized carbons (Fsp3) is 0.316. The topological polar surface area (TPSA) is 75.7 Å². The zero-order valence-corrected chi connectivity index (χ0v) is 16.3. The lowest BCUT2D eigenvalue weighted by Gasteiger charge is -2.21. The minimum atomic E-state index is -3.57. The number of aryl methyl sites for hydroxylation is 2. The van der Waals surface area contributed by atoms with Gasteiger partial charge in [-0.05, 0) is 43.2 Å². The van der Waals surface area contributed by atoms with E-state index in [-0.39, 0.29) is 13.1 Å². The van der Waals surface area contributed by atoms with Crippen molar-refractivity contribution in [1.82, 2.24) is 4.31 Å². The summed E-state index contributed by atoms with van der Waals surface area (Å²) in [6, 6.07) is 12.8. The number of hydrogen-bond donors (Lipinski definition) is 1. The van der Waals surface area contributed by atoms with Crippen LogP contribution in [0.2, 0.25) is 0 Å². The Bertz CT molecular complexity index is 874. The molecule has 0 fully saturated rings. The Kier molecular flexibility index (Phi) is 6.39. The summed E-state index contributed by atoms with van der Waals surface area (Å²) in [6.45, 7) is 3.66. The van der Waals surface area contributed by atoms with Crippen LogP contribution >= 0.6 is 0 Å². The standard InChI is InChI=1S/C19H24N2O4S/c1-14-9-15(2)11-17(10-14)20-19(22)13-21(26(4,23)24)12-16-7-5-6-8-18(16)25-3/h5-11H,12-13H2,1-4H3,(H,20,22). The van der Waals surface area contributed by atoms with Gasteiger partial charge in [-0.25, -0.2) is 8.42 Å². The maximum absolute atomic E-state index is 12.4. The second-order valence-electron chi connectivity index (χ2n) is 6.27. The third kappa shape index (κ3) is 5.57. The van der Waals surface area contributed by atoms with Crippen LogP contribution in [0.15, 0.2) is 42.5 Å². The van der Waals surface area contributed by atoms with Gasteiger partial charge in [0, 0.05) is 17.8 Å². The third-order valence-electron chi connectivity index (χ3n) is 3.83. The average Bonchev–Trinajstić information content (AvgIpc) is 2.52. The van der Waals surface area contributed by atoms with Crippen LogP contribution in [0, 0.1) is 13.8 Å². The summed E-state index contributed by atoms with van der Waals surface area (Å²) in [5, 5.41) is 2.76. The first-order valence-corrected chi connectivity index (χ1v) is 9.99. The molecule has 0 saturated heterocycles. The highest BCUT2D eigenvalue weighted by atomic mass is 32.2. The molecule has 0 spiro atoms. The highest BCUT2D eigenvalue weighted by Gasteiger charge is 2.22. The third-order valence-corrected chi connectivity index (χ3v) is 5.03. The molecular formula is C19H24N2O4S. The van der Waals surface area contributed by atoms with Gasteiger partial charge in [-0.1, -0.05) is 24.3 Å². The highest BCUT2D eigenvalue weighted by Crippen LogP contribution is 2.20. The molecule has 2 aromatic rings. The first-order chi connectivity index (χ1) is 12.2. The maximum atomic E-state index is 12.4. The Balaban J connectivity index is 2.16. The van der Waals surface area contributed by atoms with Crippen LogP contribution in [0.4, 0.5) is 5.69 Å². The lowest BCUT2D eigenvalue weighted by atomic mass is 10.1. The van der Waals surface area contributed by atoms with Gasteiger partial charge in [0.25, 0.3) is 0 Å². The van der Waals surface area contributed by atoms with Crippen LogP contribution in [-0.4, -0.2) is 38.5 Å². The monoisotopic (exact) mass is 376 g/mol. The quantitative estimate of drug-likeness (QED) is 0.806. The second-order valence-corrected chi connectivity index (χ2v) is 8.25. The van der Waals surface area contributed by atoms with Crippen molar-refractivity contribution in [1.29, 1.82) is 0 Å². The Hall–Kier alpha value is -2.38. The van der Waals surface area contributed by atoms with Gasteiger partial charge in [-0.2, -0.15) is 4.31 Å². The van der Waals surface area contributed by atoms with E-state index < -0.39 is 15.9 Å². The van der Waals surface area contributed by atoms with E-state index in [1.807, 2.05) is 32.0 Å². The normalized spacial score (nSPS) is 11.4. The van der Waals surface area contributed by atoms with Gasteiger partial charge in [-0.3, -0.25) is 4.79 Å². The average molecular weight is 376 g/mol. The first-order valence-electron chi connectivity index (χ1n) is 8.14. The number of carbonyl (C=O) groups is 1. The van der Waals surface area contributed by atoms with Crippen LogP contribution in [0.5, 0.6) is 5.75 Å². The smallest absolute Gasteiger partial charge is 0.239 e. The Labute approximate surface area is 154 Å². The number of para-hydroxylation sites is 1. The lowest BCUT2D eigenvalue weighted by molar-refractivity contribution is -0.116. The van der Waals surface area contributed by atoms with Gasteiger partial charge in [0.2, 0.25) is 15.9 Å². The maximum Gasteiger partial charge on any atom is 0.239 e. The van der Waals surface area contributed by atoms with Crippen molar-refractivity contribution in [3.8, 4) is 5.75 Å². The first kappa shape index (κ1) is 19.9. The molecule has 0 aromatic heterocycles. The van der Waals surface area contributed by atoms with Crippen molar-refractivity contribution in [2.75, 3.05) is 25.2 Å². The Morgan fingerprint density at radius 1 is 1.12 bits per heavy atom. The van der Waals surface area contributed by atoms with Crippen LogP contribution in [0.25, 0.3) is 0 Å². The van der Waals surface area contributed by atoms with Gasteiger partial charge >= 0.3 is 0 Å². The number of sulfonamides is 1. The molecular weight excluding hydrogens is 352 g/mol. The van der Waals surface area contributed by atoms with Gasteiger partial charge in [0.15, 0.2) is 0 Å². The zero-order valence-electron chi connectivity index (χ0n) is 15.4. The van der Waals surface area contributed by atoms with Crippen LogP contribution in [-0.2, 0) is 21.4 Å². The van der Waals surface area contributed by atoms with E-state index >= 15 is 0 Å². The van der Waals surface area contributed by atoms with E-state index in [1.54, 1.807) is 24.3 Å². The molecule has 0 unspecified atom stereocenters. The summed E-state index contributed by atoms with van der Waals surface area (Å²) >= 11 is 0. The number of hydrogen-bond acceptors (Lipinski definition) is 4. The van der Waals surface area contributed by atoms with Crippen molar-refractivity contribution < 1.29 is 17.9 Å². The lowest BCUT2D eigenvalue weighted by Crippen LogP contribution is -2.37. The van der Waals surface area contributed by atoms with E-state index in [0.29, 0.717) is 17.0 Å². The number of methoxy groups -OCH3 is 1. The summed E-state index contributed by atoms with van der Waals surface area (Å²) in [5.41, 5.74) is 3.39. The molecule has 0 bridgehead atoms. The SMILES string of the molecule is COc1ccccc1CN(CC(=O)Nc1cc(C)cc(C)c1)S(C)(=O)=O. The molecule has 1 amide bonds. The molecule has 0 atom stereocenters. The molecule has 2 aromatic carbocycles. The fourth-order valence-electron chi connectivity index (χ4n) is 2.72. The summed E-state index contributed by atoms with van der Waals surface area (Å²) < 4.78 is 30.7. The summed E-state index contributed by atoms with van der Waals surface area (Å²) in [5.74, 6) is 0.186. The summed E-state index contributed by atoms with van der Waals surface area (Å²) in [6.07, 6.45) is 1.09. The number of nitrogens with zero attached hydrogens (tertiary/aromatic N) is 1. The van der Waals surface area contributed by atoms with Crippen LogP contribution < -0.4 is 10.1 Å². The van der Waals surface area contributed by atoms with Crippen LogP contribution in [0.1, 0.15) is 16.7 Å². The molecule has 0 aliphatic rings. The molecule has 0 aliphatic heterocycles. The van der Waals surface area contributed by atoms with Crippen molar-refractivity contribution in [3.05, 3.63) is 59.2 Å². The van der Waals surface area contributed by atoms with Crippen molar-refractivity contribution in [2.24, 2.45) is 0 Å².